The molecule has 1 aliphatic rings. The first kappa shape index (κ1) is 13.3. The molecule has 0 amide bonds. The number of nitriles is 1. The number of rotatable bonds is 4. The number of aromatic nitrogens is 3. The van der Waals surface area contributed by atoms with Crippen molar-refractivity contribution in [1.82, 2.24) is 15.2 Å². The fraction of sp³-hybridized carbons (Fsp3) is 0.333. The van der Waals surface area contributed by atoms with Gasteiger partial charge in [0.05, 0.1) is 11.3 Å². The zero-order valence-electron chi connectivity index (χ0n) is 11.8. The molecule has 2 aromatic rings. The maximum absolute atomic E-state index is 8.72. The Morgan fingerprint density at radius 2 is 2.14 bits per heavy atom. The number of aryl methyl sites for hydroxylation is 1. The molecule has 1 N–H and O–H groups in total. The second-order valence-corrected chi connectivity index (χ2v) is 5.23. The minimum absolute atomic E-state index is 0.575. The van der Waals surface area contributed by atoms with Gasteiger partial charge in [0.15, 0.2) is 5.82 Å². The highest BCUT2D eigenvalue weighted by molar-refractivity contribution is 5.42. The summed E-state index contributed by atoms with van der Waals surface area (Å²) in [7, 11) is 0. The fourth-order valence-electron chi connectivity index (χ4n) is 2.26. The van der Waals surface area contributed by atoms with Crippen molar-refractivity contribution >= 4 is 11.6 Å². The van der Waals surface area contributed by atoms with Crippen molar-refractivity contribution < 1.29 is 0 Å². The molecule has 0 radical (unpaired) electrons. The van der Waals surface area contributed by atoms with Gasteiger partial charge in [-0.3, -0.25) is 0 Å². The van der Waals surface area contributed by atoms with Crippen LogP contribution in [0.15, 0.2) is 30.5 Å². The number of pyridine rings is 1. The summed E-state index contributed by atoms with van der Waals surface area (Å²) < 4.78 is 0. The van der Waals surface area contributed by atoms with Crippen molar-refractivity contribution in [2.45, 2.75) is 6.92 Å². The topological polar surface area (TPSA) is 77.7 Å². The fourth-order valence-corrected chi connectivity index (χ4v) is 2.26. The average molecular weight is 280 g/mol. The minimum atomic E-state index is 0.575. The number of hydrogen-bond donors (Lipinski definition) is 1. The van der Waals surface area contributed by atoms with Crippen molar-refractivity contribution in [3.63, 3.8) is 0 Å². The lowest BCUT2D eigenvalue weighted by atomic mass is 10.0. The molecule has 0 saturated carbocycles. The van der Waals surface area contributed by atoms with Crippen LogP contribution in [0.3, 0.4) is 0 Å². The van der Waals surface area contributed by atoms with Gasteiger partial charge in [0.25, 0.3) is 0 Å². The molecule has 1 aliphatic heterocycles. The zero-order chi connectivity index (χ0) is 14.7. The van der Waals surface area contributed by atoms with Gasteiger partial charge in [-0.25, -0.2) is 4.98 Å². The number of anilines is 2. The smallest absolute Gasteiger partial charge is 0.151 e. The van der Waals surface area contributed by atoms with Gasteiger partial charge >= 0.3 is 0 Å². The summed E-state index contributed by atoms with van der Waals surface area (Å²) in [4.78, 5) is 6.41. The van der Waals surface area contributed by atoms with Gasteiger partial charge in [0, 0.05) is 31.7 Å². The summed E-state index contributed by atoms with van der Waals surface area (Å²) >= 11 is 0. The van der Waals surface area contributed by atoms with Crippen LogP contribution in [0.1, 0.15) is 11.3 Å². The minimum Gasteiger partial charge on any atom is -0.370 e. The van der Waals surface area contributed by atoms with E-state index in [4.69, 9.17) is 5.26 Å². The molecule has 0 aliphatic carbocycles. The van der Waals surface area contributed by atoms with Gasteiger partial charge in [-0.1, -0.05) is 0 Å². The summed E-state index contributed by atoms with van der Waals surface area (Å²) in [5, 5.41) is 20.3. The van der Waals surface area contributed by atoms with Crippen LogP contribution in [0, 0.1) is 24.2 Å². The van der Waals surface area contributed by atoms with E-state index in [1.165, 1.54) is 0 Å². The van der Waals surface area contributed by atoms with Crippen LogP contribution >= 0.6 is 0 Å². The molecular formula is C15H16N6. The molecule has 0 atom stereocenters. The lowest BCUT2D eigenvalue weighted by molar-refractivity contribution is 0.425. The van der Waals surface area contributed by atoms with Crippen LogP contribution in [-0.4, -0.2) is 34.8 Å². The van der Waals surface area contributed by atoms with E-state index in [9.17, 15) is 0 Å². The lowest BCUT2D eigenvalue weighted by Crippen LogP contribution is -2.50. The normalized spacial score (nSPS) is 14.4. The van der Waals surface area contributed by atoms with Crippen LogP contribution in [0.4, 0.5) is 11.6 Å². The summed E-state index contributed by atoms with van der Waals surface area (Å²) in [6.45, 7) is 4.75. The maximum Gasteiger partial charge on any atom is 0.151 e. The van der Waals surface area contributed by atoms with Gasteiger partial charge in [-0.2, -0.15) is 10.4 Å². The Morgan fingerprint density at radius 3 is 2.76 bits per heavy atom. The number of nitrogens with zero attached hydrogens (tertiary/aromatic N) is 5. The molecule has 0 aromatic carbocycles. The molecule has 3 heterocycles. The van der Waals surface area contributed by atoms with Crippen molar-refractivity contribution in [2.75, 3.05) is 29.9 Å². The molecule has 0 spiro atoms. The molecule has 6 nitrogen and oxygen atoms in total. The number of nitrogens with one attached hydrogen (secondary N) is 1. The Hall–Kier alpha value is -2.68. The first-order valence-electron chi connectivity index (χ1n) is 6.90. The highest BCUT2D eigenvalue weighted by Crippen LogP contribution is 2.22. The van der Waals surface area contributed by atoms with Crippen molar-refractivity contribution in [3.8, 4) is 6.07 Å². The third-order valence-electron chi connectivity index (χ3n) is 3.53. The van der Waals surface area contributed by atoms with Crippen LogP contribution in [0.2, 0.25) is 0 Å². The highest BCUT2D eigenvalue weighted by atomic mass is 15.3. The van der Waals surface area contributed by atoms with E-state index in [1.54, 1.807) is 12.3 Å². The third kappa shape index (κ3) is 3.08. The lowest BCUT2D eigenvalue weighted by Gasteiger charge is -2.40. The molecule has 21 heavy (non-hydrogen) atoms. The first-order chi connectivity index (χ1) is 10.2. The summed E-state index contributed by atoms with van der Waals surface area (Å²) in [5.74, 6) is 2.32. The Kier molecular flexibility index (Phi) is 3.65. The largest absolute Gasteiger partial charge is 0.370 e. The molecule has 1 fully saturated rings. The van der Waals surface area contributed by atoms with Crippen molar-refractivity contribution in [3.05, 3.63) is 41.7 Å². The molecule has 0 unspecified atom stereocenters. The first-order valence-corrected chi connectivity index (χ1v) is 6.90. The van der Waals surface area contributed by atoms with E-state index in [2.05, 4.69) is 31.5 Å². The summed E-state index contributed by atoms with van der Waals surface area (Å²) in [6, 6.07) is 9.65. The van der Waals surface area contributed by atoms with Crippen molar-refractivity contribution in [2.24, 2.45) is 5.92 Å². The van der Waals surface area contributed by atoms with Gasteiger partial charge in [-0.05, 0) is 31.2 Å². The van der Waals surface area contributed by atoms with E-state index in [-0.39, 0.29) is 0 Å². The van der Waals surface area contributed by atoms with Crippen LogP contribution < -0.4 is 10.2 Å². The van der Waals surface area contributed by atoms with E-state index >= 15 is 0 Å². The van der Waals surface area contributed by atoms with E-state index in [0.717, 1.165) is 37.0 Å². The summed E-state index contributed by atoms with van der Waals surface area (Å²) in [6.07, 6.45) is 1.58. The Morgan fingerprint density at radius 1 is 1.29 bits per heavy atom. The van der Waals surface area contributed by atoms with Crippen LogP contribution in [0.5, 0.6) is 0 Å². The second kappa shape index (κ2) is 5.75. The molecule has 0 bridgehead atoms. The average Bonchev–Trinajstić information content (AvgIpc) is 2.48. The molecule has 3 rings (SSSR count). The number of hydrogen-bond acceptors (Lipinski definition) is 6. The molecule has 1 saturated heterocycles. The standard InChI is InChI=1S/C15H16N6/c1-11-2-5-15(20-19-11)21-9-13(10-21)8-18-14-4-3-12(6-16)7-17-14/h2-5,7,13H,8-10H2,1H3,(H,17,18). The highest BCUT2D eigenvalue weighted by Gasteiger charge is 2.27. The predicted octanol–water partition coefficient (Wildman–Crippen LogP) is 1.60. The van der Waals surface area contributed by atoms with E-state index in [0.29, 0.717) is 11.5 Å². The predicted molar refractivity (Wildman–Crippen MR) is 79.9 cm³/mol. The third-order valence-corrected chi connectivity index (χ3v) is 3.53. The van der Waals surface area contributed by atoms with Gasteiger partial charge in [0.2, 0.25) is 0 Å². The zero-order valence-corrected chi connectivity index (χ0v) is 11.8. The van der Waals surface area contributed by atoms with Crippen LogP contribution in [0.25, 0.3) is 0 Å². The Bertz CT molecular complexity index is 637. The van der Waals surface area contributed by atoms with Gasteiger partial charge < -0.3 is 10.2 Å². The monoisotopic (exact) mass is 280 g/mol. The van der Waals surface area contributed by atoms with Gasteiger partial charge in [0.1, 0.15) is 11.9 Å². The molecule has 6 heteroatoms. The summed E-state index contributed by atoms with van der Waals surface area (Å²) in [5.41, 5.74) is 1.51. The van der Waals surface area contributed by atoms with Gasteiger partial charge in [-0.15, -0.1) is 5.10 Å². The van der Waals surface area contributed by atoms with Crippen LogP contribution in [-0.2, 0) is 0 Å². The molecule has 2 aromatic heterocycles. The second-order valence-electron chi connectivity index (χ2n) is 5.23. The Balaban J connectivity index is 1.46. The molecule has 106 valence electrons. The SMILES string of the molecule is Cc1ccc(N2CC(CNc3ccc(C#N)cn3)C2)nn1. The maximum atomic E-state index is 8.72. The molecular weight excluding hydrogens is 264 g/mol. The Labute approximate surface area is 123 Å². The quantitative estimate of drug-likeness (QED) is 0.916. The van der Waals surface area contributed by atoms with E-state index in [1.807, 2.05) is 25.1 Å². The van der Waals surface area contributed by atoms with E-state index < -0.39 is 0 Å². The van der Waals surface area contributed by atoms with Crippen molar-refractivity contribution in [1.29, 1.82) is 5.26 Å².